The molecule has 1 aromatic rings. The second kappa shape index (κ2) is 5.54. The van der Waals surface area contributed by atoms with E-state index >= 15 is 0 Å². The van der Waals surface area contributed by atoms with E-state index in [2.05, 4.69) is 36.7 Å². The van der Waals surface area contributed by atoms with Crippen LogP contribution in [0.25, 0.3) is 0 Å². The van der Waals surface area contributed by atoms with Crippen LogP contribution in [0.15, 0.2) is 17.5 Å². The molecule has 2 amide bonds. The molecule has 1 atom stereocenters. The molecule has 1 fully saturated rings. The van der Waals surface area contributed by atoms with Gasteiger partial charge in [-0.25, -0.2) is 4.79 Å². The van der Waals surface area contributed by atoms with Gasteiger partial charge in [0.25, 0.3) is 0 Å². The number of hydrogen-bond donors (Lipinski definition) is 1. The smallest absolute Gasteiger partial charge is 0.317 e. The van der Waals surface area contributed by atoms with Crippen molar-refractivity contribution in [3.63, 3.8) is 0 Å². The summed E-state index contributed by atoms with van der Waals surface area (Å²) in [6.07, 6.45) is 2.20. The zero-order valence-electron chi connectivity index (χ0n) is 10.5. The molecule has 94 valence electrons. The first-order valence-electron chi connectivity index (χ1n) is 6.26. The lowest BCUT2D eigenvalue weighted by Gasteiger charge is -2.24. The Morgan fingerprint density at radius 3 is 3.12 bits per heavy atom. The fourth-order valence-corrected chi connectivity index (χ4v) is 3.05. The van der Waals surface area contributed by atoms with E-state index in [9.17, 15) is 4.79 Å². The van der Waals surface area contributed by atoms with Gasteiger partial charge in [0.15, 0.2) is 0 Å². The van der Waals surface area contributed by atoms with E-state index in [4.69, 9.17) is 0 Å². The Bertz CT molecular complexity index is 362. The van der Waals surface area contributed by atoms with Gasteiger partial charge in [0.1, 0.15) is 0 Å². The van der Waals surface area contributed by atoms with Crippen LogP contribution < -0.4 is 5.32 Å². The topological polar surface area (TPSA) is 32.3 Å². The number of carbonyl (C=O) groups excluding carboxylic acids is 1. The quantitative estimate of drug-likeness (QED) is 0.880. The molecule has 1 saturated heterocycles. The van der Waals surface area contributed by atoms with Gasteiger partial charge in [-0.05, 0) is 30.2 Å². The van der Waals surface area contributed by atoms with E-state index in [1.165, 1.54) is 4.88 Å². The van der Waals surface area contributed by atoms with Gasteiger partial charge in [-0.3, -0.25) is 0 Å². The van der Waals surface area contributed by atoms with Crippen LogP contribution in [0.3, 0.4) is 0 Å². The van der Waals surface area contributed by atoms with Crippen molar-refractivity contribution in [2.24, 2.45) is 5.92 Å². The number of nitrogens with one attached hydrogen (secondary N) is 1. The molecular formula is C13H20N2OS. The summed E-state index contributed by atoms with van der Waals surface area (Å²) in [4.78, 5) is 15.4. The first-order chi connectivity index (χ1) is 8.18. The van der Waals surface area contributed by atoms with Gasteiger partial charge in [0, 0.05) is 18.0 Å². The summed E-state index contributed by atoms with van der Waals surface area (Å²) in [5.74, 6) is 0.502. The Hall–Kier alpha value is -1.03. The first-order valence-corrected chi connectivity index (χ1v) is 7.14. The maximum atomic E-state index is 12.1. The van der Waals surface area contributed by atoms with Crippen LogP contribution in [0, 0.1) is 5.92 Å². The SMILES string of the molecule is CC(C)CNC(=O)N1CCC[C@@H]1c1cccs1. The Morgan fingerprint density at radius 1 is 1.65 bits per heavy atom. The number of urea groups is 1. The molecule has 1 aliphatic heterocycles. The minimum atomic E-state index is 0.0922. The molecule has 4 heteroatoms. The lowest BCUT2D eigenvalue weighted by atomic mass is 10.2. The van der Waals surface area contributed by atoms with Crippen LogP contribution in [-0.2, 0) is 0 Å². The predicted molar refractivity (Wildman–Crippen MR) is 71.2 cm³/mol. The highest BCUT2D eigenvalue weighted by atomic mass is 32.1. The van der Waals surface area contributed by atoms with Crippen molar-refractivity contribution >= 4 is 17.4 Å². The molecule has 0 saturated carbocycles. The maximum absolute atomic E-state index is 12.1. The monoisotopic (exact) mass is 252 g/mol. The number of thiophene rings is 1. The number of amides is 2. The number of hydrogen-bond acceptors (Lipinski definition) is 2. The van der Waals surface area contributed by atoms with Gasteiger partial charge >= 0.3 is 6.03 Å². The molecule has 0 spiro atoms. The second-order valence-electron chi connectivity index (χ2n) is 4.95. The molecule has 0 radical (unpaired) electrons. The molecule has 0 aliphatic carbocycles. The summed E-state index contributed by atoms with van der Waals surface area (Å²) in [6.45, 7) is 5.86. The third kappa shape index (κ3) is 3.00. The minimum Gasteiger partial charge on any atom is -0.338 e. The van der Waals surface area contributed by atoms with Crippen molar-refractivity contribution in [2.75, 3.05) is 13.1 Å². The van der Waals surface area contributed by atoms with Crippen LogP contribution in [0.4, 0.5) is 4.79 Å². The highest BCUT2D eigenvalue weighted by molar-refractivity contribution is 7.10. The standard InChI is InChI=1S/C13H20N2OS/c1-10(2)9-14-13(16)15-7-3-5-11(15)12-6-4-8-17-12/h4,6,8,10-11H,3,5,7,9H2,1-2H3,(H,14,16)/t11-/m1/s1. The lowest BCUT2D eigenvalue weighted by Crippen LogP contribution is -2.40. The fraction of sp³-hybridized carbons (Fsp3) is 0.615. The third-order valence-corrected chi connectivity index (χ3v) is 4.02. The molecule has 0 aromatic carbocycles. The van der Waals surface area contributed by atoms with Crippen molar-refractivity contribution in [3.05, 3.63) is 22.4 Å². The molecule has 0 unspecified atom stereocenters. The predicted octanol–water partition coefficient (Wildman–Crippen LogP) is 3.25. The van der Waals surface area contributed by atoms with E-state index in [0.717, 1.165) is 25.9 Å². The van der Waals surface area contributed by atoms with Gasteiger partial charge in [0.05, 0.1) is 6.04 Å². The van der Waals surface area contributed by atoms with Crippen molar-refractivity contribution in [1.29, 1.82) is 0 Å². The summed E-state index contributed by atoms with van der Waals surface area (Å²) in [5.41, 5.74) is 0. The van der Waals surface area contributed by atoms with Crippen LogP contribution in [0.2, 0.25) is 0 Å². The highest BCUT2D eigenvalue weighted by Crippen LogP contribution is 2.34. The number of rotatable bonds is 3. The average Bonchev–Trinajstić information content (AvgIpc) is 2.94. The van der Waals surface area contributed by atoms with Crippen molar-refractivity contribution < 1.29 is 4.79 Å². The summed E-state index contributed by atoms with van der Waals surface area (Å²) in [6, 6.07) is 4.57. The van der Waals surface area contributed by atoms with Crippen LogP contribution >= 0.6 is 11.3 Å². The van der Waals surface area contributed by atoms with Crippen LogP contribution in [0.1, 0.15) is 37.6 Å². The van der Waals surface area contributed by atoms with E-state index in [1.54, 1.807) is 11.3 Å². The van der Waals surface area contributed by atoms with Crippen molar-refractivity contribution in [2.45, 2.75) is 32.7 Å². The van der Waals surface area contributed by atoms with Crippen molar-refractivity contribution in [1.82, 2.24) is 10.2 Å². The molecule has 1 N–H and O–H groups in total. The molecular weight excluding hydrogens is 232 g/mol. The summed E-state index contributed by atoms with van der Waals surface area (Å²) in [5, 5.41) is 5.09. The van der Waals surface area contributed by atoms with Crippen LogP contribution in [-0.4, -0.2) is 24.0 Å². The van der Waals surface area contributed by atoms with Crippen molar-refractivity contribution in [3.8, 4) is 0 Å². The summed E-state index contributed by atoms with van der Waals surface area (Å²) < 4.78 is 0. The molecule has 2 heterocycles. The summed E-state index contributed by atoms with van der Waals surface area (Å²) >= 11 is 1.74. The van der Waals surface area contributed by atoms with Gasteiger partial charge in [-0.15, -0.1) is 11.3 Å². The van der Waals surface area contributed by atoms with E-state index in [0.29, 0.717) is 12.0 Å². The zero-order chi connectivity index (χ0) is 12.3. The molecule has 17 heavy (non-hydrogen) atoms. The Kier molecular flexibility index (Phi) is 4.05. The Labute approximate surface area is 107 Å². The molecule has 1 aliphatic rings. The Morgan fingerprint density at radius 2 is 2.47 bits per heavy atom. The average molecular weight is 252 g/mol. The Balaban J connectivity index is 1.97. The van der Waals surface area contributed by atoms with Crippen LogP contribution in [0.5, 0.6) is 0 Å². The fourth-order valence-electron chi connectivity index (χ4n) is 2.18. The zero-order valence-corrected chi connectivity index (χ0v) is 11.3. The molecule has 3 nitrogen and oxygen atoms in total. The highest BCUT2D eigenvalue weighted by Gasteiger charge is 2.30. The molecule has 1 aromatic heterocycles. The van der Waals surface area contributed by atoms with E-state index in [-0.39, 0.29) is 6.03 Å². The number of likely N-dealkylation sites (tertiary alicyclic amines) is 1. The normalized spacial score (nSPS) is 19.9. The molecule has 2 rings (SSSR count). The van der Waals surface area contributed by atoms with Gasteiger partial charge in [-0.2, -0.15) is 0 Å². The van der Waals surface area contributed by atoms with Gasteiger partial charge < -0.3 is 10.2 Å². The van der Waals surface area contributed by atoms with Gasteiger partial charge in [-0.1, -0.05) is 19.9 Å². The number of carbonyl (C=O) groups is 1. The first kappa shape index (κ1) is 12.4. The second-order valence-corrected chi connectivity index (χ2v) is 5.93. The lowest BCUT2D eigenvalue weighted by molar-refractivity contribution is 0.192. The third-order valence-electron chi connectivity index (χ3n) is 3.05. The molecule has 0 bridgehead atoms. The summed E-state index contributed by atoms with van der Waals surface area (Å²) in [7, 11) is 0. The van der Waals surface area contributed by atoms with Gasteiger partial charge in [0.2, 0.25) is 0 Å². The largest absolute Gasteiger partial charge is 0.338 e. The van der Waals surface area contributed by atoms with E-state index < -0.39 is 0 Å². The maximum Gasteiger partial charge on any atom is 0.317 e. The van der Waals surface area contributed by atoms with E-state index in [1.807, 2.05) is 4.90 Å². The minimum absolute atomic E-state index is 0.0922. The number of nitrogens with zero attached hydrogens (tertiary/aromatic N) is 1.